The van der Waals surface area contributed by atoms with Gasteiger partial charge in [0.05, 0.1) is 26.0 Å². The molecule has 0 saturated heterocycles. The van der Waals surface area contributed by atoms with Crippen LogP contribution in [0.15, 0.2) is 89.9 Å². The molecule has 38 heavy (non-hydrogen) atoms. The van der Waals surface area contributed by atoms with E-state index in [9.17, 15) is 9.59 Å². The van der Waals surface area contributed by atoms with E-state index in [0.717, 1.165) is 21.9 Å². The number of allylic oxidation sites excluding steroid dienone is 1. The van der Waals surface area contributed by atoms with Crippen LogP contribution in [0.25, 0.3) is 17.3 Å². The van der Waals surface area contributed by atoms with E-state index in [1.54, 1.807) is 43.6 Å². The monoisotopic (exact) mass is 530 g/mol. The largest absolute Gasteiger partial charge is 0.497 e. The smallest absolute Gasteiger partial charge is 0.293 e. The molecule has 9 heteroatoms. The number of ether oxygens (including phenoxy) is 1. The molecule has 4 aromatic rings. The second-order valence-corrected chi connectivity index (χ2v) is 8.71. The van der Waals surface area contributed by atoms with Crippen LogP contribution < -0.4 is 15.4 Å². The summed E-state index contributed by atoms with van der Waals surface area (Å²) in [6.45, 7) is 0.413. The van der Waals surface area contributed by atoms with E-state index < -0.39 is 5.56 Å². The molecular formula is C29H27ClN4O4. The number of anilines is 1. The number of nitrogens with zero attached hydrogens (tertiary/aromatic N) is 4. The Bertz CT molecular complexity index is 1420. The van der Waals surface area contributed by atoms with Crippen LogP contribution in [0.1, 0.15) is 17.7 Å². The summed E-state index contributed by atoms with van der Waals surface area (Å²) < 4.78 is 6.55. The Hall–Kier alpha value is -4.27. The number of rotatable bonds is 12. The maximum atomic E-state index is 13.3. The summed E-state index contributed by atoms with van der Waals surface area (Å²) in [4.78, 5) is 35.3. The Morgan fingerprint density at radius 3 is 2.53 bits per heavy atom. The van der Waals surface area contributed by atoms with Crippen LogP contribution in [-0.4, -0.2) is 34.9 Å². The fourth-order valence-corrected chi connectivity index (χ4v) is 3.82. The van der Waals surface area contributed by atoms with Gasteiger partial charge in [0.25, 0.3) is 5.56 Å². The van der Waals surface area contributed by atoms with Gasteiger partial charge in [0.1, 0.15) is 11.4 Å². The van der Waals surface area contributed by atoms with E-state index in [2.05, 4.69) is 10.1 Å². The number of carbonyl (C=O) groups excluding carboxylic acids is 1. The second kappa shape index (κ2) is 13.3. The van der Waals surface area contributed by atoms with Crippen molar-refractivity contribution in [2.45, 2.75) is 19.4 Å². The molecule has 4 rings (SSSR count). The molecule has 1 amide bonds. The number of methoxy groups -OCH3 is 1. The first kappa shape index (κ1) is 26.8. The molecule has 8 nitrogen and oxygen atoms in total. The number of aromatic nitrogens is 3. The minimum absolute atomic E-state index is 0.0681. The molecule has 0 bridgehead atoms. The lowest BCUT2D eigenvalue weighted by molar-refractivity contribution is -0.114. The number of aryl methyl sites for hydroxylation is 1. The van der Waals surface area contributed by atoms with Gasteiger partial charge in [-0.05, 0) is 73.0 Å². The van der Waals surface area contributed by atoms with Gasteiger partial charge in [0.2, 0.25) is 6.41 Å². The highest BCUT2D eigenvalue weighted by Gasteiger charge is 2.17. The van der Waals surface area contributed by atoms with Gasteiger partial charge in [-0.2, -0.15) is 10.2 Å². The van der Waals surface area contributed by atoms with Crippen molar-refractivity contribution in [2.75, 3.05) is 18.8 Å². The lowest BCUT2D eigenvalue weighted by Gasteiger charge is -2.18. The third-order valence-corrected chi connectivity index (χ3v) is 5.92. The molecule has 0 N–H and O–H groups in total. The lowest BCUT2D eigenvalue weighted by atomic mass is 10.1. The minimum atomic E-state index is -0.458. The summed E-state index contributed by atoms with van der Waals surface area (Å²) in [5, 5.41) is 6.15. The predicted molar refractivity (Wildman–Crippen MR) is 148 cm³/mol. The number of hydrogen-bond donors (Lipinski definition) is 0. The van der Waals surface area contributed by atoms with Crippen molar-refractivity contribution in [1.82, 2.24) is 14.8 Å². The third-order valence-electron chi connectivity index (χ3n) is 5.67. The van der Waals surface area contributed by atoms with Crippen LogP contribution in [0.3, 0.4) is 0 Å². The average Bonchev–Trinajstić information content (AvgIpc) is 2.96. The van der Waals surface area contributed by atoms with Crippen molar-refractivity contribution < 1.29 is 14.4 Å². The zero-order chi connectivity index (χ0) is 26.7. The molecule has 0 aliphatic carbocycles. The molecule has 0 saturated carbocycles. The molecule has 2 aromatic carbocycles. The molecule has 2 aromatic heterocycles. The van der Waals surface area contributed by atoms with Crippen molar-refractivity contribution in [1.29, 1.82) is 0 Å². The highest BCUT2D eigenvalue weighted by atomic mass is 35.5. The Kier molecular flexibility index (Phi) is 9.39. The molecular weight excluding hydrogens is 504 g/mol. The molecule has 0 radical (unpaired) electrons. The van der Waals surface area contributed by atoms with Gasteiger partial charge in [-0.15, -0.1) is 0 Å². The van der Waals surface area contributed by atoms with Gasteiger partial charge in [0.15, 0.2) is 0 Å². The third kappa shape index (κ3) is 7.15. The standard InChI is InChI=1S/C29H27ClN4O4/c1-37-26-15-11-23(12-16-26)27-20-28(34(21-35)38-19-5-8-25-7-2-3-17-31-25)29(36)33(32-27)18-4-6-22-9-13-24(30)14-10-22/h2-4,6-7,9-17,20-21H,5,8,18-19H2,1H3/b6-4+. The van der Waals surface area contributed by atoms with Crippen molar-refractivity contribution in [2.24, 2.45) is 0 Å². The van der Waals surface area contributed by atoms with E-state index in [0.29, 0.717) is 35.7 Å². The van der Waals surface area contributed by atoms with Crippen molar-refractivity contribution in [3.63, 3.8) is 0 Å². The molecule has 194 valence electrons. The van der Waals surface area contributed by atoms with Crippen molar-refractivity contribution >= 4 is 29.8 Å². The van der Waals surface area contributed by atoms with Gasteiger partial charge >= 0.3 is 0 Å². The molecule has 0 unspecified atom stereocenters. The fourth-order valence-electron chi connectivity index (χ4n) is 3.69. The number of pyridine rings is 1. The zero-order valence-electron chi connectivity index (χ0n) is 20.9. The molecule has 0 atom stereocenters. The van der Waals surface area contributed by atoms with Gasteiger partial charge < -0.3 is 4.74 Å². The maximum absolute atomic E-state index is 13.3. The van der Waals surface area contributed by atoms with Crippen LogP contribution in [-0.2, 0) is 22.6 Å². The van der Waals surface area contributed by atoms with Crippen molar-refractivity contribution in [3.8, 4) is 17.0 Å². The topological polar surface area (TPSA) is 86.5 Å². The first-order valence-electron chi connectivity index (χ1n) is 12.0. The Morgan fingerprint density at radius 1 is 1.05 bits per heavy atom. The Labute approximate surface area is 225 Å². The van der Waals surface area contributed by atoms with Crippen LogP contribution in [0, 0.1) is 0 Å². The van der Waals surface area contributed by atoms with Crippen LogP contribution in [0.4, 0.5) is 5.69 Å². The molecule has 0 aliphatic heterocycles. The van der Waals surface area contributed by atoms with Gasteiger partial charge in [-0.3, -0.25) is 19.4 Å². The number of benzene rings is 2. The summed E-state index contributed by atoms with van der Waals surface area (Å²) in [7, 11) is 1.59. The molecule has 0 aliphatic rings. The number of amides is 1. The van der Waals surface area contributed by atoms with Crippen LogP contribution >= 0.6 is 11.6 Å². The second-order valence-electron chi connectivity index (χ2n) is 8.27. The highest BCUT2D eigenvalue weighted by Crippen LogP contribution is 2.23. The molecule has 0 spiro atoms. The van der Waals surface area contributed by atoms with Crippen LogP contribution in [0.5, 0.6) is 5.75 Å². The Balaban J connectivity index is 1.58. The summed E-state index contributed by atoms with van der Waals surface area (Å²) in [5.41, 5.74) is 2.72. The van der Waals surface area contributed by atoms with Gasteiger partial charge in [-0.25, -0.2) is 4.68 Å². The average molecular weight is 531 g/mol. The summed E-state index contributed by atoms with van der Waals surface area (Å²) in [5.74, 6) is 0.693. The highest BCUT2D eigenvalue weighted by molar-refractivity contribution is 6.30. The SMILES string of the molecule is COc1ccc(-c2cc(N(C=O)OCCCc3ccccn3)c(=O)n(C/C=C/c3ccc(Cl)cc3)n2)cc1. The lowest BCUT2D eigenvalue weighted by Crippen LogP contribution is -2.33. The zero-order valence-corrected chi connectivity index (χ0v) is 21.6. The summed E-state index contributed by atoms with van der Waals surface area (Å²) >= 11 is 5.96. The summed E-state index contributed by atoms with van der Waals surface area (Å²) in [6.07, 6.45) is 7.21. The molecule has 0 fully saturated rings. The number of hydrogen-bond acceptors (Lipinski definition) is 6. The van der Waals surface area contributed by atoms with Crippen LogP contribution in [0.2, 0.25) is 5.02 Å². The first-order chi connectivity index (χ1) is 18.6. The Morgan fingerprint density at radius 2 is 1.84 bits per heavy atom. The fraction of sp³-hybridized carbons (Fsp3) is 0.172. The maximum Gasteiger partial charge on any atom is 0.293 e. The van der Waals surface area contributed by atoms with E-state index in [4.69, 9.17) is 21.2 Å². The van der Waals surface area contributed by atoms with E-state index in [1.165, 1.54) is 4.68 Å². The molecule has 2 heterocycles. The number of halogens is 1. The van der Waals surface area contributed by atoms with Gasteiger partial charge in [0, 0.05) is 22.5 Å². The number of hydroxylamine groups is 1. The van der Waals surface area contributed by atoms with Gasteiger partial charge in [-0.1, -0.05) is 42.0 Å². The normalized spacial score (nSPS) is 11.0. The summed E-state index contributed by atoms with van der Waals surface area (Å²) in [6, 6.07) is 21.9. The number of carbonyl (C=O) groups is 1. The van der Waals surface area contributed by atoms with Crippen molar-refractivity contribution in [3.05, 3.63) is 112 Å². The first-order valence-corrected chi connectivity index (χ1v) is 12.4. The quantitative estimate of drug-likeness (QED) is 0.142. The van der Waals surface area contributed by atoms with E-state index in [1.807, 2.05) is 54.6 Å². The predicted octanol–water partition coefficient (Wildman–Crippen LogP) is 5.21. The minimum Gasteiger partial charge on any atom is -0.497 e. The van der Waals surface area contributed by atoms with E-state index >= 15 is 0 Å². The van der Waals surface area contributed by atoms with E-state index in [-0.39, 0.29) is 18.8 Å².